The second-order valence-corrected chi connectivity index (χ2v) is 4.18. The van der Waals surface area contributed by atoms with E-state index in [1.807, 2.05) is 0 Å². The predicted molar refractivity (Wildman–Crippen MR) is 53.1 cm³/mol. The summed E-state index contributed by atoms with van der Waals surface area (Å²) in [6.45, 7) is 5.14. The van der Waals surface area contributed by atoms with Gasteiger partial charge in [0.2, 0.25) is 0 Å². The number of nitriles is 1. The number of rotatable bonds is 3. The van der Waals surface area contributed by atoms with Gasteiger partial charge in [-0.2, -0.15) is 5.26 Å². The van der Waals surface area contributed by atoms with Gasteiger partial charge in [-0.25, -0.2) is 0 Å². The quantitative estimate of drug-likeness (QED) is 0.709. The first-order valence-corrected chi connectivity index (χ1v) is 5.06. The third-order valence-electron chi connectivity index (χ3n) is 2.65. The molecule has 1 saturated heterocycles. The molecule has 0 bridgehead atoms. The largest absolute Gasteiger partial charge is 0.314 e. The molecule has 1 unspecified atom stereocenters. The summed E-state index contributed by atoms with van der Waals surface area (Å²) in [5, 5.41) is 8.73. The summed E-state index contributed by atoms with van der Waals surface area (Å²) in [5.74, 6) is 0. The fourth-order valence-corrected chi connectivity index (χ4v) is 1.63. The van der Waals surface area contributed by atoms with Crippen molar-refractivity contribution >= 4 is 0 Å². The maximum absolute atomic E-state index is 8.73. The fourth-order valence-electron chi connectivity index (χ4n) is 1.63. The second-order valence-electron chi connectivity index (χ2n) is 4.18. The zero-order valence-corrected chi connectivity index (χ0v) is 8.42. The van der Waals surface area contributed by atoms with Gasteiger partial charge in [0.25, 0.3) is 0 Å². The Morgan fingerprint density at radius 2 is 2.00 bits per heavy atom. The molecule has 3 nitrogen and oxygen atoms in total. The molecule has 74 valence electrons. The van der Waals surface area contributed by atoms with Gasteiger partial charge in [-0.1, -0.05) is 6.42 Å². The Balaban J connectivity index is 2.22. The molecule has 0 aromatic heterocycles. The van der Waals surface area contributed by atoms with Crippen molar-refractivity contribution in [3.05, 3.63) is 0 Å². The zero-order chi connectivity index (χ0) is 9.73. The van der Waals surface area contributed by atoms with Gasteiger partial charge in [0.15, 0.2) is 0 Å². The molecule has 0 aromatic carbocycles. The minimum absolute atomic E-state index is 0.641. The molecule has 1 aliphatic heterocycles. The van der Waals surface area contributed by atoms with Crippen molar-refractivity contribution in [2.75, 3.05) is 19.6 Å². The average molecular weight is 181 g/mol. The molecule has 3 heteroatoms. The van der Waals surface area contributed by atoms with Crippen LogP contribution >= 0.6 is 0 Å². The lowest BCUT2D eigenvalue weighted by Crippen LogP contribution is -2.40. The van der Waals surface area contributed by atoms with E-state index >= 15 is 0 Å². The van der Waals surface area contributed by atoms with Gasteiger partial charge < -0.3 is 10.6 Å². The van der Waals surface area contributed by atoms with Crippen LogP contribution < -0.4 is 5.73 Å². The van der Waals surface area contributed by atoms with Gasteiger partial charge >= 0.3 is 0 Å². The molecule has 1 atom stereocenters. The Kier molecular flexibility index (Phi) is 3.71. The van der Waals surface area contributed by atoms with Crippen molar-refractivity contribution in [3.8, 4) is 6.07 Å². The molecule has 1 heterocycles. The molecule has 0 radical (unpaired) electrons. The maximum atomic E-state index is 8.73. The highest BCUT2D eigenvalue weighted by molar-refractivity contribution is 5.01. The van der Waals surface area contributed by atoms with E-state index in [4.69, 9.17) is 11.0 Å². The lowest BCUT2D eigenvalue weighted by atomic mass is 10.0. The third kappa shape index (κ3) is 3.75. The average Bonchev–Trinajstić information content (AvgIpc) is 2.17. The molecule has 1 fully saturated rings. The Morgan fingerprint density at radius 1 is 1.38 bits per heavy atom. The first kappa shape index (κ1) is 10.5. The van der Waals surface area contributed by atoms with Gasteiger partial charge in [0.05, 0.1) is 6.07 Å². The van der Waals surface area contributed by atoms with Gasteiger partial charge in [-0.05, 0) is 39.3 Å². The number of hydrogen-bond donors (Lipinski definition) is 1. The molecular weight excluding hydrogens is 162 g/mol. The van der Waals surface area contributed by atoms with Crippen molar-refractivity contribution in [1.82, 2.24) is 4.90 Å². The number of nitrogens with two attached hydrogens (primary N) is 1. The van der Waals surface area contributed by atoms with E-state index in [0.29, 0.717) is 0 Å². The van der Waals surface area contributed by atoms with Crippen LogP contribution in [-0.2, 0) is 0 Å². The van der Waals surface area contributed by atoms with Crippen LogP contribution in [0, 0.1) is 11.3 Å². The van der Waals surface area contributed by atoms with E-state index in [9.17, 15) is 0 Å². The van der Waals surface area contributed by atoms with Crippen LogP contribution in [0.15, 0.2) is 0 Å². The van der Waals surface area contributed by atoms with Crippen LogP contribution in [0.25, 0.3) is 0 Å². The Hall–Kier alpha value is -0.590. The van der Waals surface area contributed by atoms with Crippen LogP contribution in [0.4, 0.5) is 0 Å². The number of hydrogen-bond acceptors (Lipinski definition) is 3. The van der Waals surface area contributed by atoms with Gasteiger partial charge in [-0.15, -0.1) is 0 Å². The standard InChI is InChI=1S/C10H19N3/c1-10(12,9-11)5-8-13-6-3-2-4-7-13/h2-8,12H2,1H3. The summed E-state index contributed by atoms with van der Waals surface area (Å²) in [5.41, 5.74) is 5.10. The molecular formula is C10H19N3. The Morgan fingerprint density at radius 3 is 2.54 bits per heavy atom. The molecule has 0 amide bonds. The molecule has 1 rings (SSSR count). The molecule has 0 aliphatic carbocycles. The fraction of sp³-hybridized carbons (Fsp3) is 0.900. The number of likely N-dealkylation sites (tertiary alicyclic amines) is 1. The van der Waals surface area contributed by atoms with E-state index < -0.39 is 5.54 Å². The minimum Gasteiger partial charge on any atom is -0.314 e. The van der Waals surface area contributed by atoms with E-state index in [-0.39, 0.29) is 0 Å². The highest BCUT2D eigenvalue weighted by Crippen LogP contribution is 2.11. The van der Waals surface area contributed by atoms with Crippen LogP contribution in [0.1, 0.15) is 32.6 Å². The van der Waals surface area contributed by atoms with Crippen LogP contribution in [0.2, 0.25) is 0 Å². The zero-order valence-electron chi connectivity index (χ0n) is 8.42. The summed E-state index contributed by atoms with van der Waals surface area (Å²) >= 11 is 0. The first-order chi connectivity index (χ1) is 6.14. The highest BCUT2D eigenvalue weighted by atomic mass is 15.1. The second kappa shape index (κ2) is 4.59. The van der Waals surface area contributed by atoms with Crippen molar-refractivity contribution in [3.63, 3.8) is 0 Å². The Bertz CT molecular complexity index is 187. The predicted octanol–water partition coefficient (Wildman–Crippen LogP) is 1.10. The summed E-state index contributed by atoms with van der Waals surface area (Å²) in [6.07, 6.45) is 4.74. The smallest absolute Gasteiger partial charge is 0.102 e. The van der Waals surface area contributed by atoms with Gasteiger partial charge in [-0.3, -0.25) is 0 Å². The normalized spacial score (nSPS) is 23.5. The summed E-state index contributed by atoms with van der Waals surface area (Å²) in [4.78, 5) is 2.41. The lowest BCUT2D eigenvalue weighted by Gasteiger charge is -2.28. The van der Waals surface area contributed by atoms with E-state index in [1.54, 1.807) is 6.92 Å². The monoisotopic (exact) mass is 181 g/mol. The number of piperidine rings is 1. The van der Waals surface area contributed by atoms with Crippen molar-refractivity contribution < 1.29 is 0 Å². The van der Waals surface area contributed by atoms with E-state index in [0.717, 1.165) is 13.0 Å². The molecule has 0 spiro atoms. The Labute approximate surface area is 80.5 Å². The van der Waals surface area contributed by atoms with Crippen molar-refractivity contribution in [2.45, 2.75) is 38.1 Å². The first-order valence-electron chi connectivity index (χ1n) is 5.06. The highest BCUT2D eigenvalue weighted by Gasteiger charge is 2.19. The molecule has 2 N–H and O–H groups in total. The van der Waals surface area contributed by atoms with Crippen molar-refractivity contribution in [1.29, 1.82) is 5.26 Å². The minimum atomic E-state index is -0.641. The molecule has 0 saturated carbocycles. The molecule has 13 heavy (non-hydrogen) atoms. The van der Waals surface area contributed by atoms with Crippen molar-refractivity contribution in [2.24, 2.45) is 5.73 Å². The van der Waals surface area contributed by atoms with E-state index in [2.05, 4.69) is 11.0 Å². The third-order valence-corrected chi connectivity index (χ3v) is 2.65. The summed E-state index contributed by atoms with van der Waals surface area (Å²) in [6, 6.07) is 2.13. The topological polar surface area (TPSA) is 53.1 Å². The van der Waals surface area contributed by atoms with E-state index in [1.165, 1.54) is 32.4 Å². The SMILES string of the molecule is CC(N)(C#N)CCN1CCCCC1. The number of nitrogens with zero attached hydrogens (tertiary/aromatic N) is 2. The lowest BCUT2D eigenvalue weighted by molar-refractivity contribution is 0.216. The summed E-state index contributed by atoms with van der Waals surface area (Å²) < 4.78 is 0. The maximum Gasteiger partial charge on any atom is 0.102 e. The van der Waals surface area contributed by atoms with Crippen LogP contribution in [-0.4, -0.2) is 30.1 Å². The summed E-state index contributed by atoms with van der Waals surface area (Å²) in [7, 11) is 0. The molecule has 0 aromatic rings. The van der Waals surface area contributed by atoms with Crippen LogP contribution in [0.3, 0.4) is 0 Å². The van der Waals surface area contributed by atoms with Gasteiger partial charge in [0.1, 0.15) is 5.54 Å². The van der Waals surface area contributed by atoms with Gasteiger partial charge in [0, 0.05) is 6.54 Å². The molecule has 1 aliphatic rings. The van der Waals surface area contributed by atoms with Crippen LogP contribution in [0.5, 0.6) is 0 Å².